The van der Waals surface area contributed by atoms with Crippen LogP contribution in [0.1, 0.15) is 6.92 Å². The van der Waals surface area contributed by atoms with E-state index in [2.05, 4.69) is 9.97 Å². The molecule has 0 bridgehead atoms. The molecule has 1 unspecified atom stereocenters. The number of methoxy groups -OCH3 is 2. The molecule has 0 aromatic carbocycles. The first-order valence-electron chi connectivity index (χ1n) is 6.00. The van der Waals surface area contributed by atoms with Crippen LogP contribution in [0.3, 0.4) is 0 Å². The number of nitrogens with zero attached hydrogens (tertiary/aromatic N) is 3. The zero-order valence-corrected chi connectivity index (χ0v) is 12.6. The van der Waals surface area contributed by atoms with E-state index in [1.165, 1.54) is 30.9 Å². The van der Waals surface area contributed by atoms with Crippen molar-refractivity contribution < 1.29 is 17.9 Å². The molecule has 1 atom stereocenters. The summed E-state index contributed by atoms with van der Waals surface area (Å²) in [7, 11) is -0.689. The minimum Gasteiger partial charge on any atom is -0.383 e. The maximum Gasteiger partial charge on any atom is 0.246 e. The quantitative estimate of drug-likeness (QED) is 0.704. The average Bonchev–Trinajstić information content (AvgIpc) is 2.39. The summed E-state index contributed by atoms with van der Waals surface area (Å²) in [6.07, 6.45) is 2.38. The summed E-state index contributed by atoms with van der Waals surface area (Å²) in [5.74, 6) is 0.0253. The predicted octanol–water partition coefficient (Wildman–Crippen LogP) is -0.269. The molecule has 0 saturated heterocycles. The van der Waals surface area contributed by atoms with E-state index < -0.39 is 10.0 Å². The summed E-state index contributed by atoms with van der Waals surface area (Å²) in [6.45, 7) is 2.53. The Morgan fingerprint density at radius 3 is 2.40 bits per heavy atom. The van der Waals surface area contributed by atoms with Gasteiger partial charge in [0.1, 0.15) is 4.90 Å². The van der Waals surface area contributed by atoms with Crippen molar-refractivity contribution >= 4 is 16.0 Å². The molecule has 1 aromatic heterocycles. The third kappa shape index (κ3) is 4.10. The van der Waals surface area contributed by atoms with Crippen LogP contribution in [0.4, 0.5) is 5.95 Å². The van der Waals surface area contributed by atoms with Gasteiger partial charge in [-0.3, -0.25) is 0 Å². The second kappa shape index (κ2) is 7.48. The van der Waals surface area contributed by atoms with Gasteiger partial charge in [0.15, 0.2) is 0 Å². The fourth-order valence-electron chi connectivity index (χ4n) is 1.68. The van der Waals surface area contributed by atoms with E-state index in [4.69, 9.17) is 15.2 Å². The normalized spacial score (nSPS) is 13.6. The van der Waals surface area contributed by atoms with Crippen LogP contribution in [0.2, 0.25) is 0 Å². The lowest BCUT2D eigenvalue weighted by molar-refractivity contribution is 0.119. The van der Waals surface area contributed by atoms with Crippen molar-refractivity contribution in [3.05, 3.63) is 12.4 Å². The Labute approximate surface area is 119 Å². The smallest absolute Gasteiger partial charge is 0.246 e. The zero-order valence-electron chi connectivity index (χ0n) is 11.8. The highest BCUT2D eigenvalue weighted by Gasteiger charge is 2.29. The zero-order chi connectivity index (χ0) is 15.2. The van der Waals surface area contributed by atoms with E-state index in [-0.39, 0.29) is 36.6 Å². The number of sulfonamides is 1. The topological polar surface area (TPSA) is 108 Å². The average molecular weight is 304 g/mol. The van der Waals surface area contributed by atoms with E-state index in [0.29, 0.717) is 0 Å². The Hall–Kier alpha value is -1.29. The van der Waals surface area contributed by atoms with E-state index >= 15 is 0 Å². The van der Waals surface area contributed by atoms with Crippen LogP contribution in [0.5, 0.6) is 0 Å². The Bertz CT molecular complexity index is 506. The monoisotopic (exact) mass is 304 g/mol. The lowest BCUT2D eigenvalue weighted by atomic mass is 10.3. The standard InChI is InChI=1S/C11H20N4O4S/c1-9(8-19-3)15(4-5-18-2)20(16,17)10-6-13-11(12)14-7-10/h6-7,9H,4-5,8H2,1-3H3,(H2,12,13,14). The molecule has 0 aliphatic heterocycles. The molecule has 8 nitrogen and oxygen atoms in total. The molecule has 1 heterocycles. The van der Waals surface area contributed by atoms with E-state index in [0.717, 1.165) is 0 Å². The fourth-order valence-corrected chi connectivity index (χ4v) is 3.17. The minimum absolute atomic E-state index is 0.00856. The predicted molar refractivity (Wildman–Crippen MR) is 73.6 cm³/mol. The number of nitrogen functional groups attached to an aromatic ring is 1. The highest BCUT2D eigenvalue weighted by molar-refractivity contribution is 7.89. The van der Waals surface area contributed by atoms with Crippen LogP contribution in [0, 0.1) is 0 Å². The summed E-state index contributed by atoms with van der Waals surface area (Å²) in [4.78, 5) is 7.41. The van der Waals surface area contributed by atoms with Gasteiger partial charge in [-0.05, 0) is 6.92 Å². The second-order valence-corrected chi connectivity index (χ2v) is 6.08. The summed E-state index contributed by atoms with van der Waals surface area (Å²) >= 11 is 0. The summed E-state index contributed by atoms with van der Waals surface area (Å²) < 4.78 is 36.4. The maximum atomic E-state index is 12.6. The Morgan fingerprint density at radius 2 is 1.90 bits per heavy atom. The van der Waals surface area contributed by atoms with Gasteiger partial charge in [0.25, 0.3) is 0 Å². The van der Waals surface area contributed by atoms with Gasteiger partial charge in [0, 0.05) is 26.8 Å². The van der Waals surface area contributed by atoms with Gasteiger partial charge in [-0.15, -0.1) is 0 Å². The van der Waals surface area contributed by atoms with Crippen LogP contribution >= 0.6 is 0 Å². The Kier molecular flexibility index (Phi) is 6.27. The molecule has 20 heavy (non-hydrogen) atoms. The third-order valence-corrected chi connectivity index (χ3v) is 4.64. The van der Waals surface area contributed by atoms with Gasteiger partial charge in [-0.25, -0.2) is 18.4 Å². The van der Waals surface area contributed by atoms with Gasteiger partial charge < -0.3 is 15.2 Å². The van der Waals surface area contributed by atoms with Crippen LogP contribution in [0.15, 0.2) is 17.3 Å². The molecule has 0 aliphatic rings. The van der Waals surface area contributed by atoms with Crippen LogP contribution in [-0.2, 0) is 19.5 Å². The second-order valence-electron chi connectivity index (χ2n) is 4.19. The van der Waals surface area contributed by atoms with Crippen molar-refractivity contribution in [1.29, 1.82) is 0 Å². The first kappa shape index (κ1) is 16.8. The molecule has 0 aliphatic carbocycles. The molecule has 0 fully saturated rings. The first-order valence-corrected chi connectivity index (χ1v) is 7.44. The number of rotatable bonds is 8. The molecular formula is C11H20N4O4S. The lowest BCUT2D eigenvalue weighted by Crippen LogP contribution is -2.43. The van der Waals surface area contributed by atoms with Crippen LogP contribution in [0.25, 0.3) is 0 Å². The molecule has 9 heteroatoms. The number of hydrogen-bond donors (Lipinski definition) is 1. The fraction of sp³-hybridized carbons (Fsp3) is 0.636. The van der Waals surface area contributed by atoms with Crippen molar-refractivity contribution in [3.8, 4) is 0 Å². The molecule has 0 amide bonds. The Morgan fingerprint density at radius 1 is 1.30 bits per heavy atom. The van der Waals surface area contributed by atoms with E-state index in [1.54, 1.807) is 6.92 Å². The number of ether oxygens (including phenoxy) is 2. The number of hydrogen-bond acceptors (Lipinski definition) is 7. The number of aromatic nitrogens is 2. The van der Waals surface area contributed by atoms with Crippen LogP contribution < -0.4 is 5.73 Å². The molecule has 1 rings (SSSR count). The number of anilines is 1. The highest BCUT2D eigenvalue weighted by Crippen LogP contribution is 2.17. The first-order chi connectivity index (χ1) is 9.43. The largest absolute Gasteiger partial charge is 0.383 e. The van der Waals surface area contributed by atoms with E-state index in [1.807, 2.05) is 0 Å². The molecule has 0 spiro atoms. The summed E-state index contributed by atoms with van der Waals surface area (Å²) in [5.41, 5.74) is 5.36. The van der Waals surface area contributed by atoms with Crippen molar-refractivity contribution in [2.24, 2.45) is 0 Å². The molecular weight excluding hydrogens is 284 g/mol. The highest BCUT2D eigenvalue weighted by atomic mass is 32.2. The van der Waals surface area contributed by atoms with Gasteiger partial charge >= 0.3 is 0 Å². The molecule has 1 aromatic rings. The molecule has 114 valence electrons. The third-order valence-electron chi connectivity index (χ3n) is 2.67. The van der Waals surface area contributed by atoms with Crippen LogP contribution in [-0.4, -0.2) is 62.7 Å². The lowest BCUT2D eigenvalue weighted by Gasteiger charge is -2.27. The van der Waals surface area contributed by atoms with Crippen molar-refractivity contribution in [1.82, 2.24) is 14.3 Å². The van der Waals surface area contributed by atoms with E-state index in [9.17, 15) is 8.42 Å². The van der Waals surface area contributed by atoms with Gasteiger partial charge in [-0.2, -0.15) is 4.31 Å². The molecule has 0 saturated carbocycles. The SMILES string of the molecule is COCCN(C(C)COC)S(=O)(=O)c1cnc(N)nc1. The van der Waals surface area contributed by atoms with Gasteiger partial charge in [-0.1, -0.05) is 0 Å². The molecule has 2 N–H and O–H groups in total. The maximum absolute atomic E-state index is 12.6. The molecule has 0 radical (unpaired) electrons. The van der Waals surface area contributed by atoms with Crippen molar-refractivity contribution in [2.75, 3.05) is 39.7 Å². The summed E-state index contributed by atoms with van der Waals surface area (Å²) in [5, 5.41) is 0. The van der Waals surface area contributed by atoms with Crippen molar-refractivity contribution in [2.45, 2.75) is 17.9 Å². The van der Waals surface area contributed by atoms with Crippen molar-refractivity contribution in [3.63, 3.8) is 0 Å². The Balaban J connectivity index is 3.06. The minimum atomic E-state index is -3.72. The summed E-state index contributed by atoms with van der Waals surface area (Å²) in [6, 6.07) is -0.335. The van der Waals surface area contributed by atoms with Gasteiger partial charge in [0.05, 0.1) is 25.6 Å². The van der Waals surface area contributed by atoms with Gasteiger partial charge in [0.2, 0.25) is 16.0 Å². The number of nitrogens with two attached hydrogens (primary N) is 1.